The summed E-state index contributed by atoms with van der Waals surface area (Å²) < 4.78 is 1.92. The average Bonchev–Trinajstić information content (AvgIpc) is 3.19. The molecule has 0 spiro atoms. The van der Waals surface area contributed by atoms with E-state index in [-0.39, 0.29) is 23.3 Å². The van der Waals surface area contributed by atoms with Gasteiger partial charge in [0.25, 0.3) is 11.6 Å². The smallest absolute Gasteiger partial charge is 0.326 e. The van der Waals surface area contributed by atoms with Gasteiger partial charge in [-0.05, 0) is 49.9 Å². The van der Waals surface area contributed by atoms with E-state index in [0.717, 1.165) is 49.8 Å². The molecule has 33 heavy (non-hydrogen) atoms. The highest BCUT2D eigenvalue weighted by Crippen LogP contribution is 2.32. The maximum Gasteiger partial charge on any atom is 0.326 e. The maximum absolute atomic E-state index is 12.8. The summed E-state index contributed by atoms with van der Waals surface area (Å²) in [5.74, 6) is -0.0769. The first-order valence-corrected chi connectivity index (χ1v) is 11.5. The van der Waals surface area contributed by atoms with Crippen molar-refractivity contribution in [1.29, 1.82) is 0 Å². The molecule has 1 aromatic heterocycles. The summed E-state index contributed by atoms with van der Waals surface area (Å²) in [6, 6.07) is 14.3. The van der Waals surface area contributed by atoms with Crippen LogP contribution in [0.3, 0.4) is 0 Å². The number of para-hydroxylation sites is 2. The molecule has 1 aliphatic carbocycles. The van der Waals surface area contributed by atoms with Crippen LogP contribution in [0.5, 0.6) is 0 Å². The fourth-order valence-electron chi connectivity index (χ4n) is 5.32. The number of non-ortho nitro benzene ring substituents is 1. The molecule has 5 rings (SSSR count). The highest BCUT2D eigenvalue weighted by atomic mass is 16.6. The van der Waals surface area contributed by atoms with Crippen LogP contribution in [0, 0.1) is 10.1 Å². The van der Waals surface area contributed by atoms with E-state index >= 15 is 0 Å². The van der Waals surface area contributed by atoms with Crippen LogP contribution in [0.4, 0.5) is 5.69 Å². The summed E-state index contributed by atoms with van der Waals surface area (Å²) in [6.07, 6.45) is 4.00. The monoisotopic (exact) mass is 449 g/mol. The molecule has 0 atom stereocenters. The second-order valence-electron chi connectivity index (χ2n) is 8.91. The number of imidazole rings is 1. The van der Waals surface area contributed by atoms with E-state index in [1.807, 2.05) is 33.7 Å². The van der Waals surface area contributed by atoms with Crippen molar-refractivity contribution < 1.29 is 9.72 Å². The maximum atomic E-state index is 12.8. The summed E-state index contributed by atoms with van der Waals surface area (Å²) in [7, 11) is 0. The number of benzene rings is 2. The number of H-pyrrole nitrogens is 1. The number of nitrogens with one attached hydrogen (secondary N) is 1. The molecule has 0 unspecified atom stereocenters. The number of nitro benzene ring substituents is 1. The number of hydrogen-bond acceptors (Lipinski definition) is 5. The van der Waals surface area contributed by atoms with Gasteiger partial charge >= 0.3 is 5.69 Å². The first-order chi connectivity index (χ1) is 16.0. The van der Waals surface area contributed by atoms with Crippen LogP contribution in [0.2, 0.25) is 0 Å². The summed E-state index contributed by atoms with van der Waals surface area (Å²) in [4.78, 5) is 42.9. The SMILES string of the molecule is O=C(c1ccc([N+](=O)[O-])cc1)N1CCN(C2CCC(n3c(=O)[nH]c4ccccc43)CC2)CC1. The summed E-state index contributed by atoms with van der Waals surface area (Å²) in [5, 5.41) is 10.8. The predicted molar refractivity (Wildman–Crippen MR) is 124 cm³/mol. The molecule has 2 fully saturated rings. The molecular formula is C24H27N5O4. The van der Waals surface area contributed by atoms with Crippen LogP contribution < -0.4 is 5.69 Å². The van der Waals surface area contributed by atoms with E-state index in [0.29, 0.717) is 24.7 Å². The number of hydrogen-bond donors (Lipinski definition) is 1. The quantitative estimate of drug-likeness (QED) is 0.487. The summed E-state index contributed by atoms with van der Waals surface area (Å²) in [5.41, 5.74) is 2.31. The van der Waals surface area contributed by atoms with Crippen molar-refractivity contribution in [3.05, 3.63) is 74.7 Å². The van der Waals surface area contributed by atoms with E-state index in [2.05, 4.69) is 9.88 Å². The van der Waals surface area contributed by atoms with Crippen molar-refractivity contribution in [3.8, 4) is 0 Å². The number of piperazine rings is 1. The van der Waals surface area contributed by atoms with E-state index in [4.69, 9.17) is 0 Å². The van der Waals surface area contributed by atoms with E-state index in [1.54, 1.807) is 0 Å². The Morgan fingerprint density at radius 2 is 1.55 bits per heavy atom. The fourth-order valence-corrected chi connectivity index (χ4v) is 5.32. The standard InChI is InChI=1S/C24H27N5O4/c30-23(17-5-7-20(8-6-17)29(32)33)27-15-13-26(14-16-27)18-9-11-19(12-10-18)28-22-4-2-1-3-21(22)25-24(28)31/h1-8,18-19H,9-16H2,(H,25,31). The highest BCUT2D eigenvalue weighted by Gasteiger charge is 2.31. The number of aromatic amines is 1. The Hall–Kier alpha value is -3.46. The van der Waals surface area contributed by atoms with Crippen molar-refractivity contribution >= 4 is 22.6 Å². The van der Waals surface area contributed by atoms with Gasteiger partial charge in [-0.25, -0.2) is 4.79 Å². The molecule has 1 saturated heterocycles. The number of carbonyl (C=O) groups excluding carboxylic acids is 1. The van der Waals surface area contributed by atoms with E-state index < -0.39 is 4.92 Å². The Labute approximate surface area is 190 Å². The third kappa shape index (κ3) is 4.16. The Bertz CT molecular complexity index is 1220. The lowest BCUT2D eigenvalue weighted by atomic mass is 9.89. The zero-order chi connectivity index (χ0) is 22.9. The normalized spacial score (nSPS) is 21.9. The van der Waals surface area contributed by atoms with Gasteiger partial charge in [-0.15, -0.1) is 0 Å². The number of carbonyl (C=O) groups is 1. The Morgan fingerprint density at radius 3 is 2.21 bits per heavy atom. The fraction of sp³-hybridized carbons (Fsp3) is 0.417. The van der Waals surface area contributed by atoms with Gasteiger partial charge in [-0.3, -0.25) is 24.4 Å². The molecule has 2 heterocycles. The Kier molecular flexibility index (Phi) is 5.72. The first kappa shape index (κ1) is 21.4. The number of aromatic nitrogens is 2. The van der Waals surface area contributed by atoms with Crippen molar-refractivity contribution in [1.82, 2.24) is 19.4 Å². The second-order valence-corrected chi connectivity index (χ2v) is 8.91. The lowest BCUT2D eigenvalue weighted by Crippen LogP contribution is -2.52. The van der Waals surface area contributed by atoms with E-state index in [9.17, 15) is 19.7 Å². The third-order valence-corrected chi connectivity index (χ3v) is 7.10. The predicted octanol–water partition coefficient (Wildman–Crippen LogP) is 3.18. The summed E-state index contributed by atoms with van der Waals surface area (Å²) in [6.45, 7) is 2.94. The highest BCUT2D eigenvalue weighted by molar-refractivity contribution is 5.94. The average molecular weight is 450 g/mol. The van der Waals surface area contributed by atoms with Crippen LogP contribution in [-0.4, -0.2) is 62.4 Å². The van der Waals surface area contributed by atoms with Gasteiger partial charge in [-0.1, -0.05) is 12.1 Å². The molecule has 9 nitrogen and oxygen atoms in total. The molecule has 0 radical (unpaired) electrons. The number of nitro groups is 1. The van der Waals surface area contributed by atoms with Crippen molar-refractivity contribution in [2.24, 2.45) is 0 Å². The molecule has 0 bridgehead atoms. The first-order valence-electron chi connectivity index (χ1n) is 11.5. The van der Waals surface area contributed by atoms with Crippen molar-refractivity contribution in [2.75, 3.05) is 26.2 Å². The third-order valence-electron chi connectivity index (χ3n) is 7.10. The van der Waals surface area contributed by atoms with E-state index in [1.165, 1.54) is 24.3 Å². The Morgan fingerprint density at radius 1 is 0.909 bits per heavy atom. The lowest BCUT2D eigenvalue weighted by molar-refractivity contribution is -0.384. The number of fused-ring (bicyclic) bond motifs is 1. The molecule has 1 amide bonds. The van der Waals surface area contributed by atoms with Gasteiger partial charge in [0.2, 0.25) is 0 Å². The van der Waals surface area contributed by atoms with Crippen LogP contribution in [-0.2, 0) is 0 Å². The van der Waals surface area contributed by atoms with Gasteiger partial charge in [0, 0.05) is 56.0 Å². The topological polar surface area (TPSA) is 104 Å². The number of nitrogens with zero attached hydrogens (tertiary/aromatic N) is 4. The number of rotatable bonds is 4. The molecule has 2 aromatic carbocycles. The van der Waals surface area contributed by atoms with Gasteiger partial charge in [0.1, 0.15) is 0 Å². The molecule has 2 aliphatic rings. The Balaban J connectivity index is 1.16. The molecule has 9 heteroatoms. The molecule has 3 aromatic rings. The van der Waals surface area contributed by atoms with Gasteiger partial charge in [0.15, 0.2) is 0 Å². The number of amides is 1. The zero-order valence-corrected chi connectivity index (χ0v) is 18.4. The molecular weight excluding hydrogens is 422 g/mol. The van der Waals surface area contributed by atoms with Gasteiger partial charge < -0.3 is 9.88 Å². The largest absolute Gasteiger partial charge is 0.336 e. The molecule has 1 aliphatic heterocycles. The lowest BCUT2D eigenvalue weighted by Gasteiger charge is -2.42. The van der Waals surface area contributed by atoms with Crippen LogP contribution in [0.1, 0.15) is 42.1 Å². The van der Waals surface area contributed by atoms with Gasteiger partial charge in [0.05, 0.1) is 16.0 Å². The zero-order valence-electron chi connectivity index (χ0n) is 18.4. The van der Waals surface area contributed by atoms with Crippen LogP contribution in [0.25, 0.3) is 11.0 Å². The molecule has 172 valence electrons. The van der Waals surface area contributed by atoms with Crippen LogP contribution >= 0.6 is 0 Å². The minimum Gasteiger partial charge on any atom is -0.336 e. The molecule has 1 saturated carbocycles. The van der Waals surface area contributed by atoms with Crippen molar-refractivity contribution in [2.45, 2.75) is 37.8 Å². The molecule has 1 N–H and O–H groups in total. The van der Waals surface area contributed by atoms with Gasteiger partial charge in [-0.2, -0.15) is 0 Å². The minimum atomic E-state index is -0.462. The minimum absolute atomic E-state index is 0.0122. The van der Waals surface area contributed by atoms with Crippen LogP contribution in [0.15, 0.2) is 53.3 Å². The second kappa shape index (κ2) is 8.82. The van der Waals surface area contributed by atoms with Crippen molar-refractivity contribution in [3.63, 3.8) is 0 Å². The summed E-state index contributed by atoms with van der Waals surface area (Å²) >= 11 is 0.